The minimum Gasteiger partial charge on any atom is -0.353 e. The van der Waals surface area contributed by atoms with Crippen molar-refractivity contribution in [1.82, 2.24) is 20.3 Å². The molecule has 3 N–H and O–H groups in total. The van der Waals surface area contributed by atoms with E-state index in [1.807, 2.05) is 18.3 Å². The summed E-state index contributed by atoms with van der Waals surface area (Å²) in [5.41, 5.74) is 2.86. The number of hydrogen-bond donors (Lipinski definition) is 3. The molecule has 116 valence electrons. The van der Waals surface area contributed by atoms with Gasteiger partial charge in [0.15, 0.2) is 0 Å². The van der Waals surface area contributed by atoms with Gasteiger partial charge in [-0.15, -0.1) is 0 Å². The van der Waals surface area contributed by atoms with Gasteiger partial charge in [0.25, 0.3) is 5.56 Å². The molecule has 0 fully saturated rings. The molecule has 0 saturated carbocycles. The van der Waals surface area contributed by atoms with Crippen LogP contribution in [0, 0.1) is 0 Å². The van der Waals surface area contributed by atoms with Crippen LogP contribution in [0.4, 0.5) is 5.95 Å². The molecule has 2 aromatic rings. The van der Waals surface area contributed by atoms with Crippen molar-refractivity contribution in [2.45, 2.75) is 32.2 Å². The first kappa shape index (κ1) is 14.7. The molecule has 6 nitrogen and oxygen atoms in total. The summed E-state index contributed by atoms with van der Waals surface area (Å²) in [4.78, 5) is 23.8. The molecule has 1 aliphatic rings. The van der Waals surface area contributed by atoms with Crippen LogP contribution < -0.4 is 16.2 Å². The summed E-state index contributed by atoms with van der Waals surface area (Å²) in [6.07, 6.45) is 5.99. The third-order valence-corrected chi connectivity index (χ3v) is 3.84. The number of aromatic nitrogens is 3. The molecule has 3 rings (SSSR count). The van der Waals surface area contributed by atoms with Crippen LogP contribution >= 0.6 is 0 Å². The Hall–Kier alpha value is -2.21. The first-order valence-corrected chi connectivity index (χ1v) is 7.70. The van der Waals surface area contributed by atoms with Crippen molar-refractivity contribution in [2.75, 3.05) is 18.4 Å². The van der Waals surface area contributed by atoms with Crippen molar-refractivity contribution in [3.8, 4) is 0 Å². The van der Waals surface area contributed by atoms with Crippen LogP contribution in [0.25, 0.3) is 0 Å². The van der Waals surface area contributed by atoms with Crippen molar-refractivity contribution < 1.29 is 0 Å². The van der Waals surface area contributed by atoms with Gasteiger partial charge in [-0.2, -0.15) is 0 Å². The lowest BCUT2D eigenvalue weighted by Gasteiger charge is -2.15. The van der Waals surface area contributed by atoms with Crippen LogP contribution in [0.15, 0.2) is 29.3 Å². The van der Waals surface area contributed by atoms with Gasteiger partial charge in [0.1, 0.15) is 0 Å². The highest BCUT2D eigenvalue weighted by Crippen LogP contribution is 2.10. The minimum atomic E-state index is -0.0234. The Morgan fingerprint density at radius 1 is 1.36 bits per heavy atom. The molecule has 0 spiro atoms. The number of anilines is 1. The van der Waals surface area contributed by atoms with Crippen molar-refractivity contribution in [3.63, 3.8) is 0 Å². The van der Waals surface area contributed by atoms with E-state index in [1.54, 1.807) is 6.20 Å². The summed E-state index contributed by atoms with van der Waals surface area (Å²) >= 11 is 0. The minimum absolute atomic E-state index is 0.0234. The summed E-state index contributed by atoms with van der Waals surface area (Å²) in [7, 11) is 0. The number of nitrogens with zero attached hydrogens (tertiary/aromatic N) is 2. The fourth-order valence-electron chi connectivity index (χ4n) is 2.78. The van der Waals surface area contributed by atoms with Gasteiger partial charge < -0.3 is 10.6 Å². The standard InChI is InChI=1S/C16H21N5O/c1-11(9-12-3-2-6-18-10-12)19-16-20-14-5-8-17-7-4-13(14)15(22)21-16/h2-3,6,10-11,17H,4-5,7-9H2,1H3,(H2,19,20,21,22)/t11-/m0/s1. The van der Waals surface area contributed by atoms with E-state index >= 15 is 0 Å². The highest BCUT2D eigenvalue weighted by molar-refractivity contribution is 5.32. The maximum absolute atomic E-state index is 12.2. The highest BCUT2D eigenvalue weighted by atomic mass is 16.1. The van der Waals surface area contributed by atoms with Gasteiger partial charge in [0.2, 0.25) is 5.95 Å². The monoisotopic (exact) mass is 299 g/mol. The van der Waals surface area contributed by atoms with E-state index in [0.717, 1.165) is 49.2 Å². The molecule has 0 unspecified atom stereocenters. The van der Waals surface area contributed by atoms with E-state index in [9.17, 15) is 4.79 Å². The quantitative estimate of drug-likeness (QED) is 0.781. The molecule has 0 aromatic carbocycles. The number of H-pyrrole nitrogens is 1. The summed E-state index contributed by atoms with van der Waals surface area (Å²) < 4.78 is 0. The zero-order valence-electron chi connectivity index (χ0n) is 12.7. The van der Waals surface area contributed by atoms with Gasteiger partial charge in [-0.05, 0) is 37.9 Å². The summed E-state index contributed by atoms with van der Waals surface area (Å²) in [6.45, 7) is 3.77. The topological polar surface area (TPSA) is 82.7 Å². The van der Waals surface area contributed by atoms with Crippen LogP contribution in [0.2, 0.25) is 0 Å². The molecular weight excluding hydrogens is 278 g/mol. The Morgan fingerprint density at radius 3 is 3.05 bits per heavy atom. The normalized spacial score (nSPS) is 15.7. The molecule has 0 bridgehead atoms. The van der Waals surface area contributed by atoms with Gasteiger partial charge in [0, 0.05) is 37.0 Å². The van der Waals surface area contributed by atoms with Gasteiger partial charge in [-0.25, -0.2) is 4.98 Å². The van der Waals surface area contributed by atoms with Gasteiger partial charge >= 0.3 is 0 Å². The van der Waals surface area contributed by atoms with E-state index in [0.29, 0.717) is 5.95 Å². The van der Waals surface area contributed by atoms with Gasteiger partial charge in [0.05, 0.1) is 5.69 Å². The Balaban J connectivity index is 1.74. The maximum atomic E-state index is 12.2. The fourth-order valence-corrected chi connectivity index (χ4v) is 2.78. The highest BCUT2D eigenvalue weighted by Gasteiger charge is 2.15. The molecule has 0 amide bonds. The number of hydrogen-bond acceptors (Lipinski definition) is 5. The van der Waals surface area contributed by atoms with E-state index in [1.165, 1.54) is 0 Å². The second kappa shape index (κ2) is 6.70. The first-order chi connectivity index (χ1) is 10.7. The average molecular weight is 299 g/mol. The van der Waals surface area contributed by atoms with E-state index < -0.39 is 0 Å². The zero-order chi connectivity index (χ0) is 15.4. The average Bonchev–Trinajstić information content (AvgIpc) is 2.74. The van der Waals surface area contributed by atoms with Crippen LogP contribution in [0.5, 0.6) is 0 Å². The lowest BCUT2D eigenvalue weighted by molar-refractivity contribution is 0.708. The maximum Gasteiger partial charge on any atom is 0.255 e. The third-order valence-electron chi connectivity index (χ3n) is 3.84. The fraction of sp³-hybridized carbons (Fsp3) is 0.438. The largest absolute Gasteiger partial charge is 0.353 e. The Bertz CT molecular complexity index is 683. The summed E-state index contributed by atoms with van der Waals surface area (Å²) in [5.74, 6) is 0.557. The molecule has 2 aromatic heterocycles. The molecule has 0 aliphatic carbocycles. The zero-order valence-corrected chi connectivity index (χ0v) is 12.7. The molecule has 22 heavy (non-hydrogen) atoms. The second-order valence-electron chi connectivity index (χ2n) is 5.70. The molecule has 3 heterocycles. The van der Waals surface area contributed by atoms with Crippen molar-refractivity contribution in [1.29, 1.82) is 0 Å². The predicted molar refractivity (Wildman–Crippen MR) is 86.2 cm³/mol. The second-order valence-corrected chi connectivity index (χ2v) is 5.70. The number of nitrogens with one attached hydrogen (secondary N) is 3. The lowest BCUT2D eigenvalue weighted by Crippen LogP contribution is -2.25. The third kappa shape index (κ3) is 3.51. The molecule has 1 atom stereocenters. The number of aromatic amines is 1. The SMILES string of the molecule is C[C@@H](Cc1cccnc1)Nc1nc2c(c(=O)[nH]1)CCNCC2. The molecule has 6 heteroatoms. The molecule has 0 radical (unpaired) electrons. The van der Waals surface area contributed by atoms with Gasteiger partial charge in [-0.3, -0.25) is 14.8 Å². The molecule has 0 saturated heterocycles. The molecular formula is C16H21N5O. The number of rotatable bonds is 4. The van der Waals surface area contributed by atoms with Crippen LogP contribution in [0.3, 0.4) is 0 Å². The number of fused-ring (bicyclic) bond motifs is 1. The van der Waals surface area contributed by atoms with Crippen molar-refractivity contribution in [2.24, 2.45) is 0 Å². The number of pyridine rings is 1. The van der Waals surface area contributed by atoms with E-state index in [2.05, 4.69) is 32.5 Å². The Kier molecular flexibility index (Phi) is 4.48. The lowest BCUT2D eigenvalue weighted by atomic mass is 10.1. The molecule has 1 aliphatic heterocycles. The van der Waals surface area contributed by atoms with Crippen LogP contribution in [-0.2, 0) is 19.3 Å². The van der Waals surface area contributed by atoms with E-state index in [-0.39, 0.29) is 11.6 Å². The van der Waals surface area contributed by atoms with Crippen molar-refractivity contribution >= 4 is 5.95 Å². The smallest absolute Gasteiger partial charge is 0.255 e. The Labute approximate surface area is 129 Å². The Morgan fingerprint density at radius 2 is 2.23 bits per heavy atom. The summed E-state index contributed by atoms with van der Waals surface area (Å²) in [6, 6.07) is 4.14. The first-order valence-electron chi connectivity index (χ1n) is 7.70. The van der Waals surface area contributed by atoms with Crippen molar-refractivity contribution in [3.05, 3.63) is 51.7 Å². The predicted octanol–water partition coefficient (Wildman–Crippen LogP) is 0.896. The van der Waals surface area contributed by atoms with Gasteiger partial charge in [-0.1, -0.05) is 6.07 Å². The summed E-state index contributed by atoms with van der Waals surface area (Å²) in [5, 5.41) is 6.58. The van der Waals surface area contributed by atoms with Crippen LogP contribution in [-0.4, -0.2) is 34.1 Å². The van der Waals surface area contributed by atoms with E-state index in [4.69, 9.17) is 0 Å². The van der Waals surface area contributed by atoms with Crippen LogP contribution in [0.1, 0.15) is 23.7 Å².